The molecule has 1 N–H and O–H groups in total. The highest BCUT2D eigenvalue weighted by Crippen LogP contribution is 2.36. The summed E-state index contributed by atoms with van der Waals surface area (Å²) >= 11 is 0. The predicted molar refractivity (Wildman–Crippen MR) is 65.8 cm³/mol. The molecule has 1 fully saturated rings. The van der Waals surface area contributed by atoms with Crippen LogP contribution in [0.15, 0.2) is 0 Å². The lowest BCUT2D eigenvalue weighted by molar-refractivity contribution is -0.154. The van der Waals surface area contributed by atoms with Gasteiger partial charge in [-0.1, -0.05) is 27.7 Å². The van der Waals surface area contributed by atoms with Crippen molar-refractivity contribution in [3.05, 3.63) is 0 Å². The monoisotopic (exact) mass is 255 g/mol. The molecular formula is C13H21NO4. The van der Waals surface area contributed by atoms with Crippen molar-refractivity contribution in [1.29, 1.82) is 0 Å². The molecule has 0 aromatic heterocycles. The Hall–Kier alpha value is -1.39. The first-order valence-corrected chi connectivity index (χ1v) is 6.28. The Balaban J connectivity index is 3.00. The Kier molecular flexibility index (Phi) is 3.84. The molecule has 0 saturated carbocycles. The summed E-state index contributed by atoms with van der Waals surface area (Å²) in [5.74, 6) is -1.48. The highest BCUT2D eigenvalue weighted by atomic mass is 16.4. The van der Waals surface area contributed by atoms with E-state index >= 15 is 0 Å². The molecule has 1 heterocycles. The maximum absolute atomic E-state index is 12.1. The molecular weight excluding hydrogens is 234 g/mol. The highest BCUT2D eigenvalue weighted by molar-refractivity contribution is 6.05. The third-order valence-corrected chi connectivity index (χ3v) is 3.99. The number of likely N-dealkylation sites (tertiary alicyclic amines) is 1. The number of hydrogen-bond donors (Lipinski definition) is 1. The summed E-state index contributed by atoms with van der Waals surface area (Å²) in [5, 5.41) is 9.34. The van der Waals surface area contributed by atoms with Gasteiger partial charge in [0.05, 0.1) is 10.8 Å². The van der Waals surface area contributed by atoms with Crippen LogP contribution >= 0.6 is 0 Å². The normalized spacial score (nSPS) is 19.4. The first kappa shape index (κ1) is 14.7. The zero-order valence-corrected chi connectivity index (χ0v) is 11.4. The van der Waals surface area contributed by atoms with E-state index in [1.165, 1.54) is 0 Å². The average Bonchev–Trinajstić information content (AvgIpc) is 2.47. The summed E-state index contributed by atoms with van der Waals surface area (Å²) in [6.07, 6.45) is 0.960. The molecule has 1 saturated heterocycles. The zero-order valence-electron chi connectivity index (χ0n) is 11.4. The summed E-state index contributed by atoms with van der Waals surface area (Å²) in [7, 11) is 0. The minimum atomic E-state index is -1.02. The Bertz CT molecular complexity index is 382. The number of carboxylic acid groups (broad SMARTS) is 1. The van der Waals surface area contributed by atoms with Crippen molar-refractivity contribution in [3.63, 3.8) is 0 Å². The third kappa shape index (κ3) is 2.26. The van der Waals surface area contributed by atoms with Crippen LogP contribution in [0.5, 0.6) is 0 Å². The van der Waals surface area contributed by atoms with Crippen molar-refractivity contribution < 1.29 is 19.5 Å². The zero-order chi connectivity index (χ0) is 14.1. The van der Waals surface area contributed by atoms with E-state index in [1.807, 2.05) is 0 Å². The Morgan fingerprint density at radius 3 is 2.11 bits per heavy atom. The number of imide groups is 1. The summed E-state index contributed by atoms with van der Waals surface area (Å²) in [6.45, 7) is 6.96. The van der Waals surface area contributed by atoms with Crippen LogP contribution in [0.3, 0.4) is 0 Å². The van der Waals surface area contributed by atoms with Gasteiger partial charge in [-0.2, -0.15) is 0 Å². The minimum absolute atomic E-state index is 0.0174. The topological polar surface area (TPSA) is 74.7 Å². The average molecular weight is 255 g/mol. The maximum Gasteiger partial charge on any atom is 0.311 e. The lowest BCUT2D eigenvalue weighted by Crippen LogP contribution is -2.45. The van der Waals surface area contributed by atoms with Gasteiger partial charge in [0.15, 0.2) is 0 Å². The predicted octanol–water partition coefficient (Wildman–Crippen LogP) is 1.66. The van der Waals surface area contributed by atoms with Crippen LogP contribution in [0.25, 0.3) is 0 Å². The summed E-state index contributed by atoms with van der Waals surface area (Å²) in [4.78, 5) is 36.4. The molecule has 0 radical (unpaired) electrons. The van der Waals surface area contributed by atoms with Gasteiger partial charge in [0.2, 0.25) is 11.8 Å². The second kappa shape index (κ2) is 4.71. The number of hydrogen-bond acceptors (Lipinski definition) is 3. The van der Waals surface area contributed by atoms with E-state index in [9.17, 15) is 19.5 Å². The molecule has 18 heavy (non-hydrogen) atoms. The number of amides is 2. The van der Waals surface area contributed by atoms with Crippen molar-refractivity contribution in [2.24, 2.45) is 10.8 Å². The van der Waals surface area contributed by atoms with Crippen LogP contribution in [0.4, 0.5) is 0 Å². The van der Waals surface area contributed by atoms with Gasteiger partial charge in [-0.05, 0) is 12.8 Å². The summed E-state index contributed by atoms with van der Waals surface area (Å²) in [6, 6.07) is 0. The highest BCUT2D eigenvalue weighted by Gasteiger charge is 2.48. The second-order valence-corrected chi connectivity index (χ2v) is 5.64. The molecule has 1 aliphatic rings. The van der Waals surface area contributed by atoms with Crippen molar-refractivity contribution >= 4 is 17.8 Å². The van der Waals surface area contributed by atoms with Gasteiger partial charge in [-0.25, -0.2) is 0 Å². The quantitative estimate of drug-likeness (QED) is 0.758. The van der Waals surface area contributed by atoms with E-state index < -0.39 is 16.8 Å². The van der Waals surface area contributed by atoms with Crippen molar-refractivity contribution in [3.8, 4) is 0 Å². The molecule has 0 unspecified atom stereocenters. The summed E-state index contributed by atoms with van der Waals surface area (Å²) < 4.78 is 0. The van der Waals surface area contributed by atoms with Gasteiger partial charge < -0.3 is 5.11 Å². The van der Waals surface area contributed by atoms with E-state index in [2.05, 4.69) is 0 Å². The number of aliphatic carboxylic acids is 1. The van der Waals surface area contributed by atoms with E-state index in [1.54, 1.807) is 27.7 Å². The summed E-state index contributed by atoms with van der Waals surface area (Å²) in [5.41, 5.74) is -1.73. The smallest absolute Gasteiger partial charge is 0.311 e. The van der Waals surface area contributed by atoms with Gasteiger partial charge >= 0.3 is 5.97 Å². The van der Waals surface area contributed by atoms with E-state index in [0.29, 0.717) is 12.8 Å². The molecule has 2 amide bonds. The number of rotatable bonds is 5. The van der Waals surface area contributed by atoms with E-state index in [4.69, 9.17) is 0 Å². The van der Waals surface area contributed by atoms with Crippen LogP contribution in [0.2, 0.25) is 0 Å². The Morgan fingerprint density at radius 1 is 1.33 bits per heavy atom. The van der Waals surface area contributed by atoms with Crippen LogP contribution in [-0.2, 0) is 14.4 Å². The molecule has 1 rings (SSSR count). The van der Waals surface area contributed by atoms with Crippen LogP contribution in [0, 0.1) is 10.8 Å². The van der Waals surface area contributed by atoms with Gasteiger partial charge in [0, 0.05) is 13.0 Å². The Morgan fingerprint density at radius 2 is 1.83 bits per heavy atom. The molecule has 0 aliphatic carbocycles. The second-order valence-electron chi connectivity index (χ2n) is 5.64. The number of carbonyl (C=O) groups excluding carboxylic acids is 2. The van der Waals surface area contributed by atoms with Crippen LogP contribution in [-0.4, -0.2) is 34.3 Å². The van der Waals surface area contributed by atoms with Gasteiger partial charge in [0.1, 0.15) is 0 Å². The van der Waals surface area contributed by atoms with E-state index in [0.717, 1.165) is 4.90 Å². The van der Waals surface area contributed by atoms with Crippen molar-refractivity contribution in [2.75, 3.05) is 6.54 Å². The van der Waals surface area contributed by atoms with Crippen LogP contribution in [0.1, 0.15) is 47.0 Å². The first-order valence-electron chi connectivity index (χ1n) is 6.28. The fourth-order valence-corrected chi connectivity index (χ4v) is 2.33. The minimum Gasteiger partial charge on any atom is -0.481 e. The number of nitrogens with zero attached hydrogens (tertiary/aromatic N) is 1. The molecule has 5 heteroatoms. The molecule has 5 nitrogen and oxygen atoms in total. The molecule has 0 bridgehead atoms. The fraction of sp³-hybridized carbons (Fsp3) is 0.769. The van der Waals surface area contributed by atoms with E-state index in [-0.39, 0.29) is 24.8 Å². The molecule has 0 atom stereocenters. The fourth-order valence-electron chi connectivity index (χ4n) is 2.33. The molecule has 0 aromatic carbocycles. The molecule has 1 aliphatic heterocycles. The first-order chi connectivity index (χ1) is 8.20. The molecule has 0 spiro atoms. The van der Waals surface area contributed by atoms with Crippen molar-refractivity contribution in [2.45, 2.75) is 47.0 Å². The SMILES string of the molecule is CCC(CC)(CN1C(=O)CC(C)(C)C1=O)C(=O)O. The lowest BCUT2D eigenvalue weighted by atomic mass is 9.81. The number of carbonyl (C=O) groups is 3. The largest absolute Gasteiger partial charge is 0.481 e. The van der Waals surface area contributed by atoms with Crippen LogP contribution < -0.4 is 0 Å². The van der Waals surface area contributed by atoms with Gasteiger partial charge in [-0.15, -0.1) is 0 Å². The number of carboxylic acids is 1. The Labute approximate surface area is 107 Å². The van der Waals surface area contributed by atoms with Gasteiger partial charge in [-0.3, -0.25) is 19.3 Å². The van der Waals surface area contributed by atoms with Gasteiger partial charge in [0.25, 0.3) is 0 Å². The lowest BCUT2D eigenvalue weighted by Gasteiger charge is -2.31. The third-order valence-electron chi connectivity index (χ3n) is 3.99. The standard InChI is InChI=1S/C13H21NO4/c1-5-13(6-2,11(17)18)8-14-9(15)7-12(3,4)10(14)16/h5-8H2,1-4H3,(H,17,18). The maximum atomic E-state index is 12.1. The molecule has 102 valence electrons. The van der Waals surface area contributed by atoms with Crippen molar-refractivity contribution in [1.82, 2.24) is 4.90 Å². The molecule has 0 aromatic rings.